The SMILES string of the molecule is O=C(O)CC1CSCCN1C(=O)CCc1ccc(OC(F)F)cc1. The summed E-state index contributed by atoms with van der Waals surface area (Å²) < 4.78 is 28.5. The highest BCUT2D eigenvalue weighted by molar-refractivity contribution is 7.99. The normalized spacial score (nSPS) is 17.8. The van der Waals surface area contributed by atoms with Crippen molar-refractivity contribution in [3.8, 4) is 5.75 Å². The quantitative estimate of drug-likeness (QED) is 0.811. The van der Waals surface area contributed by atoms with Crippen molar-refractivity contribution in [1.29, 1.82) is 0 Å². The van der Waals surface area contributed by atoms with Crippen molar-refractivity contribution >= 4 is 23.6 Å². The van der Waals surface area contributed by atoms with Crippen LogP contribution in [0.4, 0.5) is 8.78 Å². The average molecular weight is 359 g/mol. The number of halogens is 2. The predicted octanol–water partition coefficient (Wildman–Crippen LogP) is 2.64. The minimum Gasteiger partial charge on any atom is -0.481 e. The van der Waals surface area contributed by atoms with Gasteiger partial charge in [0.15, 0.2) is 0 Å². The lowest BCUT2D eigenvalue weighted by Crippen LogP contribution is -2.47. The lowest BCUT2D eigenvalue weighted by atomic mass is 10.1. The first-order chi connectivity index (χ1) is 11.5. The van der Waals surface area contributed by atoms with Gasteiger partial charge in [0.1, 0.15) is 5.75 Å². The van der Waals surface area contributed by atoms with Gasteiger partial charge < -0.3 is 14.7 Å². The number of carbonyl (C=O) groups is 2. The zero-order valence-electron chi connectivity index (χ0n) is 13.0. The molecule has 1 aliphatic rings. The number of aliphatic carboxylic acids is 1. The Morgan fingerprint density at radius 1 is 1.33 bits per heavy atom. The Labute approximate surface area is 143 Å². The number of rotatable bonds is 7. The number of carboxylic acid groups (broad SMARTS) is 1. The molecule has 0 radical (unpaired) electrons. The Bertz CT molecular complexity index is 568. The average Bonchev–Trinajstić information content (AvgIpc) is 2.53. The van der Waals surface area contributed by atoms with Gasteiger partial charge in [0.25, 0.3) is 0 Å². The molecule has 1 saturated heterocycles. The third-order valence-corrected chi connectivity index (χ3v) is 4.83. The molecular weight excluding hydrogens is 340 g/mol. The minimum absolute atomic E-state index is 0.0432. The van der Waals surface area contributed by atoms with Crippen LogP contribution >= 0.6 is 11.8 Å². The zero-order chi connectivity index (χ0) is 17.5. The minimum atomic E-state index is -2.86. The highest BCUT2D eigenvalue weighted by atomic mass is 32.2. The molecule has 24 heavy (non-hydrogen) atoms. The Morgan fingerprint density at radius 2 is 2.04 bits per heavy atom. The summed E-state index contributed by atoms with van der Waals surface area (Å²) in [5.41, 5.74) is 0.839. The van der Waals surface area contributed by atoms with Crippen LogP contribution in [0.1, 0.15) is 18.4 Å². The van der Waals surface area contributed by atoms with E-state index in [0.717, 1.165) is 11.3 Å². The lowest BCUT2D eigenvalue weighted by Gasteiger charge is -2.34. The van der Waals surface area contributed by atoms with Crippen LogP contribution in [0, 0.1) is 0 Å². The van der Waals surface area contributed by atoms with E-state index >= 15 is 0 Å². The highest BCUT2D eigenvalue weighted by Crippen LogP contribution is 2.21. The largest absolute Gasteiger partial charge is 0.481 e. The summed E-state index contributed by atoms with van der Waals surface area (Å²) in [5.74, 6) is 0.540. The number of ether oxygens (including phenoxy) is 1. The second-order valence-corrected chi connectivity index (χ2v) is 6.59. The molecule has 1 N–H and O–H groups in total. The van der Waals surface area contributed by atoms with Crippen LogP contribution in [0.2, 0.25) is 0 Å². The maximum Gasteiger partial charge on any atom is 0.387 e. The first-order valence-corrected chi connectivity index (χ1v) is 8.74. The van der Waals surface area contributed by atoms with E-state index in [4.69, 9.17) is 5.11 Å². The summed E-state index contributed by atoms with van der Waals surface area (Å²) in [6.07, 6.45) is 0.686. The van der Waals surface area contributed by atoms with E-state index in [2.05, 4.69) is 4.74 Å². The molecule has 1 amide bonds. The van der Waals surface area contributed by atoms with Crippen molar-refractivity contribution in [2.75, 3.05) is 18.1 Å². The summed E-state index contributed by atoms with van der Waals surface area (Å²) in [6, 6.07) is 5.90. The van der Waals surface area contributed by atoms with Crippen LogP contribution in [0.3, 0.4) is 0 Å². The lowest BCUT2D eigenvalue weighted by molar-refractivity contribution is -0.140. The summed E-state index contributed by atoms with van der Waals surface area (Å²) in [6.45, 7) is -2.30. The van der Waals surface area contributed by atoms with E-state index in [1.165, 1.54) is 12.1 Å². The third kappa shape index (κ3) is 5.67. The maximum absolute atomic E-state index is 12.4. The van der Waals surface area contributed by atoms with E-state index in [1.807, 2.05) is 0 Å². The van der Waals surface area contributed by atoms with Gasteiger partial charge in [-0.1, -0.05) is 12.1 Å². The Kier molecular flexibility index (Phi) is 6.84. The number of hydrogen-bond donors (Lipinski definition) is 1. The summed E-state index contributed by atoms with van der Waals surface area (Å²) in [7, 11) is 0. The van der Waals surface area contributed by atoms with Crippen LogP contribution in [0.5, 0.6) is 5.75 Å². The molecule has 1 unspecified atom stereocenters. The fraction of sp³-hybridized carbons (Fsp3) is 0.500. The predicted molar refractivity (Wildman–Crippen MR) is 86.5 cm³/mol. The number of alkyl halides is 2. The topological polar surface area (TPSA) is 66.8 Å². The fourth-order valence-electron chi connectivity index (χ4n) is 2.59. The van der Waals surface area contributed by atoms with Crippen molar-refractivity contribution in [2.24, 2.45) is 0 Å². The number of benzene rings is 1. The molecule has 0 bridgehead atoms. The molecule has 2 rings (SSSR count). The van der Waals surface area contributed by atoms with Gasteiger partial charge in [-0.05, 0) is 24.1 Å². The summed E-state index contributed by atoms with van der Waals surface area (Å²) in [4.78, 5) is 24.9. The molecule has 0 saturated carbocycles. The molecule has 0 aromatic heterocycles. The molecule has 8 heteroatoms. The van der Waals surface area contributed by atoms with Gasteiger partial charge >= 0.3 is 12.6 Å². The molecule has 1 heterocycles. The smallest absolute Gasteiger partial charge is 0.387 e. The maximum atomic E-state index is 12.4. The van der Waals surface area contributed by atoms with E-state index < -0.39 is 12.6 Å². The molecule has 132 valence electrons. The number of thioether (sulfide) groups is 1. The molecule has 5 nitrogen and oxygen atoms in total. The van der Waals surface area contributed by atoms with Gasteiger partial charge in [-0.3, -0.25) is 9.59 Å². The third-order valence-electron chi connectivity index (χ3n) is 3.73. The van der Waals surface area contributed by atoms with Gasteiger partial charge in [-0.15, -0.1) is 0 Å². The molecular formula is C16H19F2NO4S. The van der Waals surface area contributed by atoms with Crippen LogP contribution in [-0.2, 0) is 16.0 Å². The van der Waals surface area contributed by atoms with Gasteiger partial charge in [0.05, 0.1) is 12.5 Å². The van der Waals surface area contributed by atoms with Gasteiger partial charge in [0.2, 0.25) is 5.91 Å². The number of aryl methyl sites for hydroxylation is 1. The van der Waals surface area contributed by atoms with E-state index in [-0.39, 0.29) is 30.5 Å². The van der Waals surface area contributed by atoms with E-state index in [1.54, 1.807) is 28.8 Å². The Balaban J connectivity index is 1.88. The number of hydrogen-bond acceptors (Lipinski definition) is 4. The molecule has 1 fully saturated rings. The molecule has 1 aromatic carbocycles. The number of carboxylic acids is 1. The van der Waals surface area contributed by atoms with Gasteiger partial charge in [-0.25, -0.2) is 0 Å². The van der Waals surface area contributed by atoms with Gasteiger partial charge in [0, 0.05) is 24.5 Å². The van der Waals surface area contributed by atoms with Crippen LogP contribution in [0.25, 0.3) is 0 Å². The van der Waals surface area contributed by atoms with Crippen molar-refractivity contribution in [3.63, 3.8) is 0 Å². The van der Waals surface area contributed by atoms with Crippen LogP contribution in [-0.4, -0.2) is 52.6 Å². The monoisotopic (exact) mass is 359 g/mol. The summed E-state index contributed by atoms with van der Waals surface area (Å²) in [5, 5.41) is 8.95. The van der Waals surface area contributed by atoms with Crippen LogP contribution in [0.15, 0.2) is 24.3 Å². The first kappa shape index (κ1) is 18.5. The molecule has 1 aromatic rings. The highest BCUT2D eigenvalue weighted by Gasteiger charge is 2.28. The summed E-state index contributed by atoms with van der Waals surface area (Å²) >= 11 is 1.65. The zero-order valence-corrected chi connectivity index (χ0v) is 13.8. The van der Waals surface area contributed by atoms with E-state index in [0.29, 0.717) is 18.7 Å². The van der Waals surface area contributed by atoms with Gasteiger partial charge in [-0.2, -0.15) is 20.5 Å². The van der Waals surface area contributed by atoms with Crippen molar-refractivity contribution in [3.05, 3.63) is 29.8 Å². The second-order valence-electron chi connectivity index (χ2n) is 5.44. The van der Waals surface area contributed by atoms with Crippen molar-refractivity contribution in [1.82, 2.24) is 4.90 Å². The van der Waals surface area contributed by atoms with Crippen molar-refractivity contribution in [2.45, 2.75) is 31.9 Å². The van der Waals surface area contributed by atoms with Crippen LogP contribution < -0.4 is 4.74 Å². The Morgan fingerprint density at radius 3 is 2.67 bits per heavy atom. The Hall–Kier alpha value is -1.83. The standard InChI is InChI=1S/C16H19F2NO4S/c17-16(18)23-13-4-1-11(2-5-13)3-6-14(20)19-7-8-24-10-12(19)9-15(21)22/h1-2,4-5,12,16H,3,6-10H2,(H,21,22). The van der Waals surface area contributed by atoms with Crippen molar-refractivity contribution < 1.29 is 28.2 Å². The fourth-order valence-corrected chi connectivity index (χ4v) is 3.65. The number of nitrogens with zero attached hydrogens (tertiary/aromatic N) is 1. The molecule has 1 aliphatic heterocycles. The second kappa shape index (κ2) is 8.86. The number of amides is 1. The first-order valence-electron chi connectivity index (χ1n) is 7.58. The molecule has 0 aliphatic carbocycles. The molecule has 0 spiro atoms. The van der Waals surface area contributed by atoms with E-state index in [9.17, 15) is 18.4 Å². The molecule has 1 atom stereocenters. The number of carbonyl (C=O) groups excluding carboxylic acids is 1.